The molecule has 6 N–H and O–H groups in total. The van der Waals surface area contributed by atoms with E-state index in [-0.39, 0.29) is 11.8 Å². The number of fused-ring (bicyclic) bond motifs is 1. The first kappa shape index (κ1) is 27.7. The van der Waals surface area contributed by atoms with Crippen molar-refractivity contribution in [3.05, 3.63) is 42.6 Å². The van der Waals surface area contributed by atoms with Crippen molar-refractivity contribution in [3.63, 3.8) is 0 Å². The highest BCUT2D eigenvalue weighted by Crippen LogP contribution is 2.45. The number of methoxy groups -OCH3 is 3. The number of carboxylic acids is 1. The third kappa shape index (κ3) is 5.14. The highest BCUT2D eigenvalue weighted by molar-refractivity contribution is 6.04. The average molecular weight is 534 g/mol. The summed E-state index contributed by atoms with van der Waals surface area (Å²) in [5.41, 5.74) is 16.0. The van der Waals surface area contributed by atoms with Crippen molar-refractivity contribution < 1.29 is 37.3 Å². The van der Waals surface area contributed by atoms with Gasteiger partial charge in [0.15, 0.2) is 11.5 Å². The van der Waals surface area contributed by atoms with E-state index in [9.17, 15) is 13.2 Å². The van der Waals surface area contributed by atoms with Gasteiger partial charge in [-0.15, -0.1) is 0 Å². The fourth-order valence-electron chi connectivity index (χ4n) is 3.84. The van der Waals surface area contributed by atoms with Crippen LogP contribution >= 0.6 is 0 Å². The number of nitrogens with one attached hydrogen (secondary N) is 1. The number of anilines is 1. The molecular weight excluding hydrogens is 509 g/mol. The van der Waals surface area contributed by atoms with Crippen LogP contribution < -0.4 is 25.7 Å². The van der Waals surface area contributed by atoms with Gasteiger partial charge in [-0.3, -0.25) is 5.41 Å². The van der Waals surface area contributed by atoms with Crippen LogP contribution in [0.4, 0.5) is 19.0 Å². The summed E-state index contributed by atoms with van der Waals surface area (Å²) in [5.74, 6) is -1.33. The van der Waals surface area contributed by atoms with E-state index in [0.717, 1.165) is 16.5 Å². The monoisotopic (exact) mass is 534 g/mol. The molecular formula is C24H25F3N6O5. The molecule has 14 heteroatoms. The van der Waals surface area contributed by atoms with E-state index in [1.54, 1.807) is 33.5 Å². The Balaban J connectivity index is 0.000000505. The number of para-hydroxylation sites is 1. The van der Waals surface area contributed by atoms with Gasteiger partial charge in [-0.25, -0.2) is 4.79 Å². The molecule has 0 aliphatic carbocycles. The Morgan fingerprint density at radius 3 is 2.11 bits per heavy atom. The number of ether oxygens (including phenoxy) is 3. The minimum Gasteiger partial charge on any atom is -0.493 e. The first-order valence-corrected chi connectivity index (χ1v) is 10.7. The lowest BCUT2D eigenvalue weighted by molar-refractivity contribution is -0.192. The van der Waals surface area contributed by atoms with Crippen LogP contribution in [-0.4, -0.2) is 58.9 Å². The highest BCUT2D eigenvalue weighted by Gasteiger charge is 2.38. The fourth-order valence-corrected chi connectivity index (χ4v) is 3.84. The Labute approximate surface area is 214 Å². The van der Waals surface area contributed by atoms with Crippen LogP contribution in [0, 0.1) is 5.41 Å². The van der Waals surface area contributed by atoms with Gasteiger partial charge < -0.3 is 35.4 Å². The lowest BCUT2D eigenvalue weighted by Gasteiger charge is -2.14. The number of hydrogen-bond donors (Lipinski definition) is 4. The SMILES string of the molecule is COc1cc(-c2nn(C(=N)N)c(N)c2-c2cn(C)c3ccccc23)cc(OC)c1OC.O=C(O)C(F)(F)F. The molecule has 0 saturated heterocycles. The van der Waals surface area contributed by atoms with Crippen LogP contribution in [0.25, 0.3) is 33.3 Å². The second kappa shape index (κ2) is 10.6. The molecule has 2 aromatic heterocycles. The molecule has 0 saturated carbocycles. The van der Waals surface area contributed by atoms with Gasteiger partial charge in [-0.1, -0.05) is 18.2 Å². The maximum absolute atomic E-state index is 10.6. The van der Waals surface area contributed by atoms with Crippen molar-refractivity contribution in [1.29, 1.82) is 5.41 Å². The number of hydrogen-bond acceptors (Lipinski definition) is 7. The number of benzene rings is 2. The number of rotatable bonds is 5. The summed E-state index contributed by atoms with van der Waals surface area (Å²) in [6.45, 7) is 0. The number of nitrogens with zero attached hydrogens (tertiary/aromatic N) is 3. The molecule has 0 atom stereocenters. The van der Waals surface area contributed by atoms with Crippen molar-refractivity contribution in [2.75, 3.05) is 27.1 Å². The number of nitrogen functional groups attached to an aromatic ring is 2. The number of carbonyl (C=O) groups is 1. The predicted molar refractivity (Wildman–Crippen MR) is 135 cm³/mol. The zero-order valence-corrected chi connectivity index (χ0v) is 20.8. The molecule has 2 aromatic carbocycles. The number of halogens is 3. The molecule has 0 aliphatic rings. The Morgan fingerprint density at radius 1 is 1.08 bits per heavy atom. The maximum atomic E-state index is 10.6. The zero-order valence-electron chi connectivity index (χ0n) is 20.8. The smallest absolute Gasteiger partial charge is 0.490 e. The molecule has 0 radical (unpaired) electrons. The van der Waals surface area contributed by atoms with E-state index in [2.05, 4.69) is 5.10 Å². The van der Waals surface area contributed by atoms with E-state index in [4.69, 9.17) is 41.0 Å². The van der Waals surface area contributed by atoms with Crippen molar-refractivity contribution in [1.82, 2.24) is 14.3 Å². The van der Waals surface area contributed by atoms with Crippen molar-refractivity contribution in [2.24, 2.45) is 12.8 Å². The fraction of sp³-hybridized carbons (Fsp3) is 0.208. The molecule has 4 rings (SSSR count). The molecule has 0 unspecified atom stereocenters. The van der Waals surface area contributed by atoms with Crippen LogP contribution in [0.5, 0.6) is 17.2 Å². The maximum Gasteiger partial charge on any atom is 0.490 e. The first-order valence-electron chi connectivity index (χ1n) is 10.7. The summed E-state index contributed by atoms with van der Waals surface area (Å²) in [6.07, 6.45) is -3.09. The molecule has 202 valence electrons. The molecule has 0 aliphatic heterocycles. The van der Waals surface area contributed by atoms with Crippen LogP contribution in [0.2, 0.25) is 0 Å². The van der Waals surface area contributed by atoms with E-state index in [1.165, 1.54) is 4.68 Å². The average Bonchev–Trinajstić information content (AvgIpc) is 3.39. The lowest BCUT2D eigenvalue weighted by atomic mass is 9.99. The van der Waals surface area contributed by atoms with Gasteiger partial charge in [0.25, 0.3) is 0 Å². The molecule has 0 amide bonds. The van der Waals surface area contributed by atoms with Gasteiger partial charge in [-0.2, -0.15) is 23.0 Å². The largest absolute Gasteiger partial charge is 0.493 e. The van der Waals surface area contributed by atoms with Crippen molar-refractivity contribution >= 4 is 28.6 Å². The van der Waals surface area contributed by atoms with Gasteiger partial charge in [0.05, 0.1) is 26.9 Å². The molecule has 2 heterocycles. The van der Waals surface area contributed by atoms with Gasteiger partial charge in [-0.05, 0) is 18.2 Å². The molecule has 0 bridgehead atoms. The minimum atomic E-state index is -5.08. The van der Waals surface area contributed by atoms with E-state index in [0.29, 0.717) is 34.1 Å². The van der Waals surface area contributed by atoms with Gasteiger partial charge in [0, 0.05) is 35.3 Å². The standard InChI is InChI=1S/C22H24N6O3.C2HF3O2/c1-27-11-14(13-7-5-6-8-15(13)27)18-19(26-28(21(18)23)22(24)25)12-9-16(29-2)20(31-4)17(10-12)30-3;3-2(4,5)1(6)7/h5-11H,23H2,1-4H3,(H3,24,25);(H,6,7). The zero-order chi connectivity index (χ0) is 28.4. The van der Waals surface area contributed by atoms with Gasteiger partial charge >= 0.3 is 12.1 Å². The first-order chi connectivity index (χ1) is 17.8. The normalized spacial score (nSPS) is 11.0. The Hall–Kier alpha value is -4.88. The second-order valence-electron chi connectivity index (χ2n) is 7.79. The number of aryl methyl sites for hydroxylation is 1. The predicted octanol–water partition coefficient (Wildman–Crippen LogP) is 3.69. The summed E-state index contributed by atoms with van der Waals surface area (Å²) in [4.78, 5) is 8.90. The quantitative estimate of drug-likeness (QED) is 0.222. The summed E-state index contributed by atoms with van der Waals surface area (Å²) >= 11 is 0. The minimum absolute atomic E-state index is 0.271. The van der Waals surface area contributed by atoms with E-state index < -0.39 is 12.1 Å². The summed E-state index contributed by atoms with van der Waals surface area (Å²) < 4.78 is 51.4. The summed E-state index contributed by atoms with van der Waals surface area (Å²) in [7, 11) is 6.62. The number of nitrogens with two attached hydrogens (primary N) is 2. The Kier molecular flexibility index (Phi) is 7.74. The number of carboxylic acid groups (broad SMARTS) is 1. The van der Waals surface area contributed by atoms with Crippen LogP contribution in [0.1, 0.15) is 0 Å². The van der Waals surface area contributed by atoms with Crippen molar-refractivity contribution in [2.45, 2.75) is 6.18 Å². The highest BCUT2D eigenvalue weighted by atomic mass is 19.4. The number of aliphatic carboxylic acids is 1. The van der Waals surface area contributed by atoms with E-state index >= 15 is 0 Å². The Morgan fingerprint density at radius 2 is 1.63 bits per heavy atom. The third-order valence-electron chi connectivity index (χ3n) is 5.50. The molecule has 0 fully saturated rings. The molecule has 11 nitrogen and oxygen atoms in total. The van der Waals surface area contributed by atoms with Crippen LogP contribution in [-0.2, 0) is 11.8 Å². The van der Waals surface area contributed by atoms with Gasteiger partial charge in [0.2, 0.25) is 11.7 Å². The van der Waals surface area contributed by atoms with E-state index in [1.807, 2.05) is 42.1 Å². The van der Waals surface area contributed by atoms with Crippen LogP contribution in [0.3, 0.4) is 0 Å². The number of aromatic nitrogens is 3. The Bertz CT molecular complexity index is 1480. The lowest BCUT2D eigenvalue weighted by Crippen LogP contribution is -2.23. The summed E-state index contributed by atoms with van der Waals surface area (Å²) in [6, 6.07) is 11.6. The third-order valence-corrected chi connectivity index (χ3v) is 5.50. The van der Waals surface area contributed by atoms with Crippen LogP contribution in [0.15, 0.2) is 42.6 Å². The second-order valence-corrected chi connectivity index (χ2v) is 7.79. The molecule has 0 spiro atoms. The topological polar surface area (TPSA) is 164 Å². The summed E-state index contributed by atoms with van der Waals surface area (Å²) in [5, 5.41) is 20.6. The molecule has 4 aromatic rings. The van der Waals surface area contributed by atoms with Gasteiger partial charge in [0.1, 0.15) is 11.5 Å². The van der Waals surface area contributed by atoms with Crippen molar-refractivity contribution in [3.8, 4) is 39.6 Å². The number of alkyl halides is 3. The molecule has 38 heavy (non-hydrogen) atoms.